The molecular weight excluding hydrogens is 236 g/mol. The lowest BCUT2D eigenvalue weighted by Gasteiger charge is -2.13. The number of aromatic nitrogens is 2. The number of nitriles is 1. The Morgan fingerprint density at radius 3 is 3.00 bits per heavy atom. The Balaban J connectivity index is 2.49. The molecule has 1 aromatic rings. The van der Waals surface area contributed by atoms with E-state index >= 15 is 0 Å². The summed E-state index contributed by atoms with van der Waals surface area (Å²) in [5.41, 5.74) is 2.06. The van der Waals surface area contributed by atoms with Crippen LogP contribution in [0.3, 0.4) is 0 Å². The van der Waals surface area contributed by atoms with Gasteiger partial charge in [-0.25, -0.2) is 0 Å². The van der Waals surface area contributed by atoms with Crippen molar-refractivity contribution in [3.63, 3.8) is 0 Å². The van der Waals surface area contributed by atoms with Crippen LogP contribution in [-0.2, 0) is 11.8 Å². The predicted molar refractivity (Wildman–Crippen MR) is 67.4 cm³/mol. The molecule has 0 saturated carbocycles. The maximum Gasteiger partial charge on any atom is 0.230 e. The van der Waals surface area contributed by atoms with Crippen molar-refractivity contribution in [2.75, 3.05) is 11.5 Å². The number of amides is 1. The summed E-state index contributed by atoms with van der Waals surface area (Å²) < 4.78 is 1.78. The van der Waals surface area contributed by atoms with E-state index in [1.807, 2.05) is 27.0 Å². The second-order valence-electron chi connectivity index (χ2n) is 3.75. The van der Waals surface area contributed by atoms with Crippen LogP contribution in [0.4, 0.5) is 0 Å². The van der Waals surface area contributed by atoms with Gasteiger partial charge < -0.3 is 5.32 Å². The molecule has 17 heavy (non-hydrogen) atoms. The third-order valence-electron chi connectivity index (χ3n) is 2.52. The Morgan fingerprint density at radius 1 is 1.76 bits per heavy atom. The van der Waals surface area contributed by atoms with Gasteiger partial charge in [-0.05, 0) is 13.8 Å². The van der Waals surface area contributed by atoms with Gasteiger partial charge in [0.05, 0.1) is 29.8 Å². The van der Waals surface area contributed by atoms with Gasteiger partial charge in [0.2, 0.25) is 5.91 Å². The molecular formula is C11H16N4OS. The van der Waals surface area contributed by atoms with Crippen LogP contribution in [0.25, 0.3) is 0 Å². The molecule has 1 aromatic heterocycles. The van der Waals surface area contributed by atoms with Gasteiger partial charge in [0, 0.05) is 18.3 Å². The van der Waals surface area contributed by atoms with E-state index < -0.39 is 0 Å². The Kier molecular flexibility index (Phi) is 5.04. The number of thioether (sulfide) groups is 1. The lowest BCUT2D eigenvalue weighted by molar-refractivity contribution is -0.119. The Morgan fingerprint density at radius 2 is 2.47 bits per heavy atom. The summed E-state index contributed by atoms with van der Waals surface area (Å²) in [5.74, 6) is 0.603. The predicted octanol–water partition coefficient (Wildman–Crippen LogP) is 1.16. The highest BCUT2D eigenvalue weighted by molar-refractivity contribution is 8.00. The fraction of sp³-hybridized carbons (Fsp3) is 0.545. The summed E-state index contributed by atoms with van der Waals surface area (Å²) in [6.07, 6.45) is 1.77. The molecule has 1 rings (SSSR count). The minimum atomic E-state index is -0.0566. The molecule has 1 atom stereocenters. The highest BCUT2D eigenvalue weighted by Crippen LogP contribution is 2.15. The summed E-state index contributed by atoms with van der Waals surface area (Å²) >= 11 is 1.31. The molecule has 92 valence electrons. The fourth-order valence-electron chi connectivity index (χ4n) is 1.49. The minimum Gasteiger partial charge on any atom is -0.349 e. The average molecular weight is 252 g/mol. The van der Waals surface area contributed by atoms with Gasteiger partial charge in [0.15, 0.2) is 0 Å². The zero-order chi connectivity index (χ0) is 12.8. The third kappa shape index (κ3) is 3.79. The number of hydrogen-bond acceptors (Lipinski definition) is 4. The summed E-state index contributed by atoms with van der Waals surface area (Å²) in [6.45, 7) is 3.90. The smallest absolute Gasteiger partial charge is 0.230 e. The standard InChI is InChI=1S/C11H16N4OS/c1-8(10-6-13-15(3)9(10)2)14-11(16)7-17-5-4-12/h6,8H,5,7H2,1-3H3,(H,14,16)/t8-/m0/s1. The van der Waals surface area contributed by atoms with E-state index in [-0.39, 0.29) is 11.9 Å². The van der Waals surface area contributed by atoms with Gasteiger partial charge >= 0.3 is 0 Å². The van der Waals surface area contributed by atoms with Crippen molar-refractivity contribution in [3.05, 3.63) is 17.5 Å². The van der Waals surface area contributed by atoms with Crippen molar-refractivity contribution in [1.29, 1.82) is 5.26 Å². The van der Waals surface area contributed by atoms with E-state index in [0.29, 0.717) is 11.5 Å². The van der Waals surface area contributed by atoms with E-state index in [1.165, 1.54) is 11.8 Å². The van der Waals surface area contributed by atoms with E-state index in [4.69, 9.17) is 5.26 Å². The zero-order valence-electron chi connectivity index (χ0n) is 10.2. The molecule has 0 unspecified atom stereocenters. The number of carbonyl (C=O) groups excluding carboxylic acids is 1. The second-order valence-corrected chi connectivity index (χ2v) is 4.73. The molecule has 0 aliphatic heterocycles. The fourth-order valence-corrected chi connectivity index (χ4v) is 1.95. The van der Waals surface area contributed by atoms with Gasteiger partial charge in [0.1, 0.15) is 0 Å². The van der Waals surface area contributed by atoms with Crippen LogP contribution in [0, 0.1) is 18.3 Å². The van der Waals surface area contributed by atoms with Crippen molar-refractivity contribution in [3.8, 4) is 6.07 Å². The number of rotatable bonds is 5. The summed E-state index contributed by atoms with van der Waals surface area (Å²) in [7, 11) is 1.87. The van der Waals surface area contributed by atoms with Crippen LogP contribution in [0.15, 0.2) is 6.20 Å². The summed E-state index contributed by atoms with van der Waals surface area (Å²) in [5, 5.41) is 15.4. The molecule has 0 radical (unpaired) electrons. The van der Waals surface area contributed by atoms with Gasteiger partial charge in [-0.15, -0.1) is 11.8 Å². The van der Waals surface area contributed by atoms with E-state index in [9.17, 15) is 4.79 Å². The molecule has 0 aromatic carbocycles. The SMILES string of the molecule is Cc1c([C@H](C)NC(=O)CSCC#N)cnn1C. The molecule has 0 bridgehead atoms. The first kappa shape index (κ1) is 13.6. The van der Waals surface area contributed by atoms with Gasteiger partial charge in [-0.1, -0.05) is 0 Å². The minimum absolute atomic E-state index is 0.0546. The van der Waals surface area contributed by atoms with Gasteiger partial charge in [-0.2, -0.15) is 10.4 Å². The van der Waals surface area contributed by atoms with E-state index in [1.54, 1.807) is 10.9 Å². The Hall–Kier alpha value is -1.48. The maximum absolute atomic E-state index is 11.6. The first-order valence-electron chi connectivity index (χ1n) is 5.28. The quantitative estimate of drug-likeness (QED) is 0.798. The topological polar surface area (TPSA) is 70.7 Å². The third-order valence-corrected chi connectivity index (χ3v) is 3.32. The molecule has 0 spiro atoms. The largest absolute Gasteiger partial charge is 0.349 e. The summed E-state index contributed by atoms with van der Waals surface area (Å²) in [6, 6.07) is 1.93. The molecule has 1 heterocycles. The monoisotopic (exact) mass is 252 g/mol. The molecule has 6 heteroatoms. The van der Waals surface area contributed by atoms with Crippen LogP contribution >= 0.6 is 11.8 Å². The molecule has 1 N–H and O–H groups in total. The van der Waals surface area contributed by atoms with E-state index in [2.05, 4.69) is 10.4 Å². The van der Waals surface area contributed by atoms with Crippen LogP contribution < -0.4 is 5.32 Å². The molecule has 5 nitrogen and oxygen atoms in total. The average Bonchev–Trinajstić information content (AvgIpc) is 2.60. The van der Waals surface area contributed by atoms with Crippen molar-refractivity contribution in [2.24, 2.45) is 7.05 Å². The Labute approximate surface area is 105 Å². The van der Waals surface area contributed by atoms with Crippen molar-refractivity contribution in [2.45, 2.75) is 19.9 Å². The molecule has 0 saturated heterocycles. The van der Waals surface area contributed by atoms with Crippen molar-refractivity contribution in [1.82, 2.24) is 15.1 Å². The van der Waals surface area contributed by atoms with Crippen LogP contribution in [0.2, 0.25) is 0 Å². The van der Waals surface area contributed by atoms with Crippen LogP contribution in [-0.4, -0.2) is 27.2 Å². The van der Waals surface area contributed by atoms with E-state index in [0.717, 1.165) is 11.3 Å². The molecule has 1 amide bonds. The highest BCUT2D eigenvalue weighted by Gasteiger charge is 2.14. The maximum atomic E-state index is 11.6. The van der Waals surface area contributed by atoms with Crippen LogP contribution in [0.5, 0.6) is 0 Å². The van der Waals surface area contributed by atoms with Crippen molar-refractivity contribution >= 4 is 17.7 Å². The van der Waals surface area contributed by atoms with Gasteiger partial charge in [0.25, 0.3) is 0 Å². The number of nitrogens with one attached hydrogen (secondary N) is 1. The number of carbonyl (C=O) groups is 1. The lowest BCUT2D eigenvalue weighted by atomic mass is 10.1. The summed E-state index contributed by atoms with van der Waals surface area (Å²) in [4.78, 5) is 11.6. The number of nitrogens with zero attached hydrogens (tertiary/aromatic N) is 3. The zero-order valence-corrected chi connectivity index (χ0v) is 11.0. The molecule has 0 fully saturated rings. The second kappa shape index (κ2) is 6.30. The Bertz CT molecular complexity index is 435. The first-order valence-corrected chi connectivity index (χ1v) is 6.44. The van der Waals surface area contributed by atoms with Crippen molar-refractivity contribution < 1.29 is 4.79 Å². The number of hydrogen-bond donors (Lipinski definition) is 1. The molecule has 0 aliphatic rings. The normalized spacial score (nSPS) is 11.9. The molecule has 0 aliphatic carbocycles. The first-order chi connectivity index (χ1) is 8.06. The highest BCUT2D eigenvalue weighted by atomic mass is 32.2. The lowest BCUT2D eigenvalue weighted by Crippen LogP contribution is -2.28. The number of aryl methyl sites for hydroxylation is 1. The van der Waals surface area contributed by atoms with Crippen LogP contribution in [0.1, 0.15) is 24.2 Å². The van der Waals surface area contributed by atoms with Gasteiger partial charge in [-0.3, -0.25) is 9.48 Å².